The second-order valence-electron chi connectivity index (χ2n) is 6.15. The molecule has 0 spiro atoms. The molecule has 1 amide bonds. The fourth-order valence-corrected chi connectivity index (χ4v) is 2.57. The molecule has 2 aromatic rings. The molecule has 0 unspecified atom stereocenters. The third-order valence-corrected chi connectivity index (χ3v) is 3.79. The lowest BCUT2D eigenvalue weighted by atomic mass is 10.1. The average molecular weight is 311 g/mol. The SMILES string of the molecule is CC[C@@H](Oc1cc(C)cc(C)c1)C(=O)Nc1cc(C)ccc1C. The molecular weight excluding hydrogens is 286 g/mol. The Balaban J connectivity index is 2.13. The van der Waals surface area contributed by atoms with E-state index in [0.717, 1.165) is 33.7 Å². The summed E-state index contributed by atoms with van der Waals surface area (Å²) >= 11 is 0. The molecule has 23 heavy (non-hydrogen) atoms. The van der Waals surface area contributed by atoms with E-state index < -0.39 is 6.10 Å². The van der Waals surface area contributed by atoms with Crippen molar-refractivity contribution in [1.29, 1.82) is 0 Å². The number of anilines is 1. The normalized spacial score (nSPS) is 11.9. The minimum atomic E-state index is -0.504. The van der Waals surface area contributed by atoms with Crippen molar-refractivity contribution >= 4 is 11.6 Å². The van der Waals surface area contributed by atoms with E-state index in [1.54, 1.807) is 0 Å². The number of carbonyl (C=O) groups excluding carboxylic acids is 1. The minimum Gasteiger partial charge on any atom is -0.481 e. The van der Waals surface area contributed by atoms with Gasteiger partial charge in [-0.2, -0.15) is 0 Å². The summed E-state index contributed by atoms with van der Waals surface area (Å²) in [6, 6.07) is 12.0. The zero-order valence-corrected chi connectivity index (χ0v) is 14.6. The summed E-state index contributed by atoms with van der Waals surface area (Å²) in [5.41, 5.74) is 5.27. The summed E-state index contributed by atoms with van der Waals surface area (Å²) in [6.45, 7) is 10.0. The molecular formula is C20H25NO2. The lowest BCUT2D eigenvalue weighted by Crippen LogP contribution is -2.32. The second kappa shape index (κ2) is 7.32. The maximum absolute atomic E-state index is 12.5. The van der Waals surface area contributed by atoms with Crippen molar-refractivity contribution in [3.8, 4) is 5.75 Å². The zero-order chi connectivity index (χ0) is 17.0. The van der Waals surface area contributed by atoms with E-state index in [-0.39, 0.29) is 5.91 Å². The highest BCUT2D eigenvalue weighted by Gasteiger charge is 2.19. The van der Waals surface area contributed by atoms with E-state index in [1.165, 1.54) is 0 Å². The summed E-state index contributed by atoms with van der Waals surface area (Å²) in [4.78, 5) is 12.5. The van der Waals surface area contributed by atoms with E-state index in [0.29, 0.717) is 6.42 Å². The molecule has 0 saturated carbocycles. The molecule has 122 valence electrons. The van der Waals surface area contributed by atoms with Crippen LogP contribution in [0.5, 0.6) is 5.75 Å². The smallest absolute Gasteiger partial charge is 0.265 e. The Hall–Kier alpha value is -2.29. The quantitative estimate of drug-likeness (QED) is 0.868. The van der Waals surface area contributed by atoms with E-state index in [2.05, 4.69) is 11.4 Å². The highest BCUT2D eigenvalue weighted by atomic mass is 16.5. The number of aryl methyl sites for hydroxylation is 4. The lowest BCUT2D eigenvalue weighted by Gasteiger charge is -2.19. The second-order valence-corrected chi connectivity index (χ2v) is 6.15. The summed E-state index contributed by atoms with van der Waals surface area (Å²) in [6.07, 6.45) is 0.111. The first-order valence-corrected chi connectivity index (χ1v) is 8.02. The minimum absolute atomic E-state index is 0.111. The Morgan fingerprint density at radius 3 is 2.26 bits per heavy atom. The van der Waals surface area contributed by atoms with Crippen LogP contribution in [-0.2, 0) is 4.79 Å². The van der Waals surface area contributed by atoms with Crippen LogP contribution < -0.4 is 10.1 Å². The molecule has 1 N–H and O–H groups in total. The van der Waals surface area contributed by atoms with Crippen LogP contribution in [0, 0.1) is 27.7 Å². The first-order valence-electron chi connectivity index (χ1n) is 8.02. The van der Waals surface area contributed by atoms with Crippen molar-refractivity contribution in [2.24, 2.45) is 0 Å². The standard InChI is InChI=1S/C20H25NO2/c1-6-19(23-17-10-14(3)9-15(4)11-17)20(22)21-18-12-13(2)7-8-16(18)5/h7-12,19H,6H2,1-5H3,(H,21,22)/t19-/m1/s1. The number of benzene rings is 2. The largest absolute Gasteiger partial charge is 0.481 e. The van der Waals surface area contributed by atoms with Gasteiger partial charge in [-0.3, -0.25) is 4.79 Å². The third kappa shape index (κ3) is 4.59. The van der Waals surface area contributed by atoms with E-state index in [1.807, 2.05) is 65.0 Å². The molecule has 0 aliphatic carbocycles. The number of amides is 1. The molecule has 0 fully saturated rings. The van der Waals surface area contributed by atoms with Gasteiger partial charge in [0.25, 0.3) is 5.91 Å². The number of hydrogen-bond donors (Lipinski definition) is 1. The van der Waals surface area contributed by atoms with Gasteiger partial charge in [0.2, 0.25) is 0 Å². The summed E-state index contributed by atoms with van der Waals surface area (Å²) in [5.74, 6) is 0.630. The Kier molecular flexibility index (Phi) is 5.43. The van der Waals surface area contributed by atoms with Crippen molar-refractivity contribution < 1.29 is 9.53 Å². The molecule has 0 saturated heterocycles. The number of ether oxygens (including phenoxy) is 1. The van der Waals surface area contributed by atoms with Crippen LogP contribution >= 0.6 is 0 Å². The zero-order valence-electron chi connectivity index (χ0n) is 14.6. The van der Waals surface area contributed by atoms with Crippen LogP contribution in [0.25, 0.3) is 0 Å². The Bertz CT molecular complexity index is 687. The first-order chi connectivity index (χ1) is 10.9. The predicted molar refractivity (Wildman–Crippen MR) is 95.2 cm³/mol. The number of rotatable bonds is 5. The molecule has 0 bridgehead atoms. The molecule has 2 rings (SSSR count). The molecule has 0 radical (unpaired) electrons. The third-order valence-electron chi connectivity index (χ3n) is 3.79. The Morgan fingerprint density at radius 1 is 1.00 bits per heavy atom. The summed E-state index contributed by atoms with van der Waals surface area (Å²) < 4.78 is 5.92. The van der Waals surface area contributed by atoms with Gasteiger partial charge in [0.05, 0.1) is 0 Å². The van der Waals surface area contributed by atoms with Gasteiger partial charge in [-0.1, -0.05) is 25.1 Å². The molecule has 1 atom stereocenters. The van der Waals surface area contributed by atoms with Crippen LogP contribution in [0.15, 0.2) is 36.4 Å². The topological polar surface area (TPSA) is 38.3 Å². The average Bonchev–Trinajstić information content (AvgIpc) is 2.47. The summed E-state index contributed by atoms with van der Waals surface area (Å²) in [7, 11) is 0. The molecule has 0 aliphatic heterocycles. The molecule has 3 nitrogen and oxygen atoms in total. The summed E-state index contributed by atoms with van der Waals surface area (Å²) in [5, 5.41) is 2.99. The molecule has 3 heteroatoms. The fraction of sp³-hybridized carbons (Fsp3) is 0.350. The number of carbonyl (C=O) groups is 1. The van der Waals surface area contributed by atoms with E-state index in [9.17, 15) is 4.79 Å². The van der Waals surface area contributed by atoms with Crippen molar-refractivity contribution in [2.75, 3.05) is 5.32 Å². The van der Waals surface area contributed by atoms with Gasteiger partial charge < -0.3 is 10.1 Å². The van der Waals surface area contributed by atoms with Gasteiger partial charge in [-0.25, -0.2) is 0 Å². The monoisotopic (exact) mass is 311 g/mol. The van der Waals surface area contributed by atoms with Crippen molar-refractivity contribution in [2.45, 2.75) is 47.1 Å². The molecule has 0 aromatic heterocycles. The molecule has 0 aliphatic rings. The Labute approximate surface area is 138 Å². The van der Waals surface area contributed by atoms with Gasteiger partial charge in [-0.05, 0) is 74.6 Å². The predicted octanol–water partition coefficient (Wildman–Crippen LogP) is 4.72. The van der Waals surface area contributed by atoms with Crippen molar-refractivity contribution in [3.05, 3.63) is 58.7 Å². The molecule has 2 aromatic carbocycles. The maximum atomic E-state index is 12.5. The van der Waals surface area contributed by atoms with Crippen LogP contribution in [0.3, 0.4) is 0 Å². The maximum Gasteiger partial charge on any atom is 0.265 e. The van der Waals surface area contributed by atoms with Crippen LogP contribution in [0.1, 0.15) is 35.6 Å². The van der Waals surface area contributed by atoms with Gasteiger partial charge in [0.15, 0.2) is 6.10 Å². The van der Waals surface area contributed by atoms with Crippen LogP contribution in [0.2, 0.25) is 0 Å². The first kappa shape index (κ1) is 17.1. The van der Waals surface area contributed by atoms with Crippen molar-refractivity contribution in [1.82, 2.24) is 0 Å². The van der Waals surface area contributed by atoms with Crippen LogP contribution in [-0.4, -0.2) is 12.0 Å². The lowest BCUT2D eigenvalue weighted by molar-refractivity contribution is -0.122. The van der Waals surface area contributed by atoms with Gasteiger partial charge in [0, 0.05) is 5.69 Å². The van der Waals surface area contributed by atoms with E-state index in [4.69, 9.17) is 4.74 Å². The van der Waals surface area contributed by atoms with Gasteiger partial charge >= 0.3 is 0 Å². The fourth-order valence-electron chi connectivity index (χ4n) is 2.57. The van der Waals surface area contributed by atoms with Crippen molar-refractivity contribution in [3.63, 3.8) is 0 Å². The molecule has 0 heterocycles. The van der Waals surface area contributed by atoms with Gasteiger partial charge in [0.1, 0.15) is 5.75 Å². The van der Waals surface area contributed by atoms with Gasteiger partial charge in [-0.15, -0.1) is 0 Å². The van der Waals surface area contributed by atoms with Crippen LogP contribution in [0.4, 0.5) is 5.69 Å². The Morgan fingerprint density at radius 2 is 1.65 bits per heavy atom. The highest BCUT2D eigenvalue weighted by Crippen LogP contribution is 2.21. The number of hydrogen-bond acceptors (Lipinski definition) is 2. The number of nitrogens with one attached hydrogen (secondary N) is 1. The highest BCUT2D eigenvalue weighted by molar-refractivity contribution is 5.95. The van der Waals surface area contributed by atoms with E-state index >= 15 is 0 Å².